The zero-order valence-electron chi connectivity index (χ0n) is 13.7. The first-order valence-corrected chi connectivity index (χ1v) is 8.03. The summed E-state index contributed by atoms with van der Waals surface area (Å²) in [5, 5.41) is 9.35. The van der Waals surface area contributed by atoms with Crippen LogP contribution in [-0.4, -0.2) is 39.0 Å². The molecule has 0 spiro atoms. The zero-order chi connectivity index (χ0) is 16.4. The summed E-state index contributed by atoms with van der Waals surface area (Å²) in [6.45, 7) is 4.71. The first-order chi connectivity index (χ1) is 11.1. The molecule has 1 fully saturated rings. The molecule has 23 heavy (non-hydrogen) atoms. The third-order valence-electron chi connectivity index (χ3n) is 4.70. The van der Waals surface area contributed by atoms with Gasteiger partial charge in [0.1, 0.15) is 0 Å². The number of carbonyl (C=O) groups is 1. The molecule has 0 radical (unpaired) electrons. The molecule has 1 heterocycles. The SMILES string of the molecule is Cc1ccc(C2(C(=O)N(CCO)Cc3nc[nH]c3C)CC2)cc1. The van der Waals surface area contributed by atoms with Crippen molar-refractivity contribution in [2.24, 2.45) is 0 Å². The second kappa shape index (κ2) is 6.16. The standard InChI is InChI=1S/C18H23N3O2/c1-13-3-5-15(6-4-13)18(7-8-18)17(23)21(9-10-22)11-16-14(2)19-12-20-16/h3-6,12,22H,7-11H2,1-2H3,(H,19,20). The number of amides is 1. The van der Waals surface area contributed by atoms with Crippen molar-refractivity contribution in [3.63, 3.8) is 0 Å². The van der Waals surface area contributed by atoms with E-state index < -0.39 is 5.41 Å². The molecular weight excluding hydrogens is 290 g/mol. The maximum absolute atomic E-state index is 13.1. The van der Waals surface area contributed by atoms with E-state index in [2.05, 4.69) is 34.2 Å². The molecule has 3 rings (SSSR count). The van der Waals surface area contributed by atoms with Crippen LogP contribution in [0.4, 0.5) is 0 Å². The summed E-state index contributed by atoms with van der Waals surface area (Å²) in [6, 6.07) is 8.21. The highest BCUT2D eigenvalue weighted by Crippen LogP contribution is 2.49. The Balaban J connectivity index is 1.83. The van der Waals surface area contributed by atoms with Crippen LogP contribution in [0.15, 0.2) is 30.6 Å². The molecule has 1 amide bonds. The van der Waals surface area contributed by atoms with Crippen LogP contribution in [0, 0.1) is 13.8 Å². The van der Waals surface area contributed by atoms with E-state index in [0.717, 1.165) is 29.8 Å². The highest BCUT2D eigenvalue weighted by molar-refractivity contribution is 5.91. The molecule has 0 bridgehead atoms. The van der Waals surface area contributed by atoms with Crippen molar-refractivity contribution < 1.29 is 9.90 Å². The summed E-state index contributed by atoms with van der Waals surface area (Å²) in [7, 11) is 0. The van der Waals surface area contributed by atoms with E-state index in [1.165, 1.54) is 5.56 Å². The van der Waals surface area contributed by atoms with Gasteiger partial charge in [-0.2, -0.15) is 0 Å². The van der Waals surface area contributed by atoms with Crippen LogP contribution in [0.3, 0.4) is 0 Å². The van der Waals surface area contributed by atoms with Crippen molar-refractivity contribution in [1.82, 2.24) is 14.9 Å². The van der Waals surface area contributed by atoms with E-state index >= 15 is 0 Å². The van der Waals surface area contributed by atoms with Crippen LogP contribution in [0.1, 0.15) is 35.4 Å². The van der Waals surface area contributed by atoms with Gasteiger partial charge in [-0.15, -0.1) is 0 Å². The summed E-state index contributed by atoms with van der Waals surface area (Å²) in [4.78, 5) is 22.2. The van der Waals surface area contributed by atoms with Crippen LogP contribution in [-0.2, 0) is 16.8 Å². The van der Waals surface area contributed by atoms with Gasteiger partial charge in [0.05, 0.1) is 30.6 Å². The lowest BCUT2D eigenvalue weighted by atomic mass is 9.93. The van der Waals surface area contributed by atoms with Crippen LogP contribution >= 0.6 is 0 Å². The van der Waals surface area contributed by atoms with Gasteiger partial charge in [0.25, 0.3) is 0 Å². The molecule has 2 N–H and O–H groups in total. The van der Waals surface area contributed by atoms with Gasteiger partial charge < -0.3 is 15.0 Å². The van der Waals surface area contributed by atoms with Gasteiger partial charge >= 0.3 is 0 Å². The third kappa shape index (κ3) is 3.01. The number of imidazole rings is 1. The van der Waals surface area contributed by atoms with Gasteiger partial charge in [-0.25, -0.2) is 4.98 Å². The number of nitrogens with one attached hydrogen (secondary N) is 1. The molecule has 1 saturated carbocycles. The average molecular weight is 313 g/mol. The van der Waals surface area contributed by atoms with Gasteiger partial charge in [0.15, 0.2) is 0 Å². The summed E-state index contributed by atoms with van der Waals surface area (Å²) >= 11 is 0. The van der Waals surface area contributed by atoms with Crippen molar-refractivity contribution in [3.8, 4) is 0 Å². The lowest BCUT2D eigenvalue weighted by Crippen LogP contribution is -2.40. The summed E-state index contributed by atoms with van der Waals surface area (Å²) in [6.07, 6.45) is 3.38. The summed E-state index contributed by atoms with van der Waals surface area (Å²) < 4.78 is 0. The number of carbonyl (C=O) groups excluding carboxylic acids is 1. The van der Waals surface area contributed by atoms with Crippen molar-refractivity contribution in [2.75, 3.05) is 13.2 Å². The smallest absolute Gasteiger partial charge is 0.233 e. The van der Waals surface area contributed by atoms with Gasteiger partial charge in [-0.3, -0.25) is 4.79 Å². The van der Waals surface area contributed by atoms with Crippen molar-refractivity contribution >= 4 is 5.91 Å². The molecule has 5 heteroatoms. The molecular formula is C18H23N3O2. The Morgan fingerprint density at radius 1 is 1.30 bits per heavy atom. The second-order valence-electron chi connectivity index (χ2n) is 6.37. The maximum atomic E-state index is 13.1. The summed E-state index contributed by atoms with van der Waals surface area (Å²) in [5.41, 5.74) is 3.67. The highest BCUT2D eigenvalue weighted by Gasteiger charge is 2.52. The van der Waals surface area contributed by atoms with Crippen molar-refractivity contribution in [1.29, 1.82) is 0 Å². The number of rotatable bonds is 6. The molecule has 122 valence electrons. The van der Waals surface area contributed by atoms with E-state index in [1.807, 2.05) is 13.8 Å². The topological polar surface area (TPSA) is 69.2 Å². The molecule has 0 atom stereocenters. The van der Waals surface area contributed by atoms with Gasteiger partial charge in [-0.1, -0.05) is 29.8 Å². The fourth-order valence-electron chi connectivity index (χ4n) is 3.03. The molecule has 5 nitrogen and oxygen atoms in total. The minimum atomic E-state index is -0.410. The van der Waals surface area contributed by atoms with E-state index in [4.69, 9.17) is 0 Å². The number of aliphatic hydroxyl groups excluding tert-OH is 1. The fourth-order valence-corrected chi connectivity index (χ4v) is 3.03. The lowest BCUT2D eigenvalue weighted by Gasteiger charge is -2.27. The highest BCUT2D eigenvalue weighted by atomic mass is 16.3. The predicted molar refractivity (Wildman–Crippen MR) is 87.9 cm³/mol. The molecule has 1 aromatic carbocycles. The molecule has 0 unspecified atom stereocenters. The van der Waals surface area contributed by atoms with Crippen LogP contribution < -0.4 is 0 Å². The Labute approximate surface area is 136 Å². The number of hydrogen-bond acceptors (Lipinski definition) is 3. The molecule has 1 aromatic heterocycles. The summed E-state index contributed by atoms with van der Waals surface area (Å²) in [5.74, 6) is 0.0952. The molecule has 1 aliphatic rings. The normalized spacial score (nSPS) is 15.4. The molecule has 2 aromatic rings. The largest absolute Gasteiger partial charge is 0.395 e. The zero-order valence-corrected chi connectivity index (χ0v) is 13.7. The second-order valence-corrected chi connectivity index (χ2v) is 6.37. The Kier molecular flexibility index (Phi) is 4.22. The lowest BCUT2D eigenvalue weighted by molar-refractivity contribution is -0.135. The maximum Gasteiger partial charge on any atom is 0.233 e. The number of hydrogen-bond donors (Lipinski definition) is 2. The van der Waals surface area contributed by atoms with Crippen molar-refractivity contribution in [2.45, 2.75) is 38.6 Å². The number of H-pyrrole nitrogens is 1. The Bertz CT molecular complexity index is 687. The van der Waals surface area contributed by atoms with Crippen LogP contribution in [0.25, 0.3) is 0 Å². The number of aliphatic hydroxyl groups is 1. The average Bonchev–Trinajstić information content (AvgIpc) is 3.26. The molecule has 0 aliphatic heterocycles. The number of nitrogens with zero attached hydrogens (tertiary/aromatic N) is 2. The Morgan fingerprint density at radius 2 is 2.00 bits per heavy atom. The van der Waals surface area contributed by atoms with E-state index in [0.29, 0.717) is 13.1 Å². The number of aromatic amines is 1. The predicted octanol–water partition coefficient (Wildman–Crippen LogP) is 2.08. The molecule has 1 aliphatic carbocycles. The Morgan fingerprint density at radius 3 is 2.52 bits per heavy atom. The monoisotopic (exact) mass is 313 g/mol. The number of aryl methyl sites for hydroxylation is 2. The van der Waals surface area contributed by atoms with Crippen molar-refractivity contribution in [3.05, 3.63) is 53.1 Å². The van der Waals surface area contributed by atoms with Gasteiger partial charge in [0.2, 0.25) is 5.91 Å². The fraction of sp³-hybridized carbons (Fsp3) is 0.444. The minimum absolute atomic E-state index is 0.0425. The van der Waals surface area contributed by atoms with Gasteiger partial charge in [-0.05, 0) is 32.3 Å². The van der Waals surface area contributed by atoms with E-state index in [1.54, 1.807) is 11.2 Å². The van der Waals surface area contributed by atoms with Gasteiger partial charge in [0, 0.05) is 12.2 Å². The van der Waals surface area contributed by atoms with Crippen LogP contribution in [0.5, 0.6) is 0 Å². The first kappa shape index (κ1) is 15.7. The number of benzene rings is 1. The van der Waals surface area contributed by atoms with E-state index in [9.17, 15) is 9.90 Å². The number of aromatic nitrogens is 2. The van der Waals surface area contributed by atoms with Crippen LogP contribution in [0.2, 0.25) is 0 Å². The minimum Gasteiger partial charge on any atom is -0.395 e. The first-order valence-electron chi connectivity index (χ1n) is 8.03. The quantitative estimate of drug-likeness (QED) is 0.858. The van der Waals surface area contributed by atoms with E-state index in [-0.39, 0.29) is 12.5 Å². The third-order valence-corrected chi connectivity index (χ3v) is 4.70. The molecule has 0 saturated heterocycles. The Hall–Kier alpha value is -2.14.